The van der Waals surface area contributed by atoms with Gasteiger partial charge in [0.05, 0.1) is 6.10 Å². The summed E-state index contributed by atoms with van der Waals surface area (Å²) in [6.45, 7) is 7.13. The van der Waals surface area contributed by atoms with E-state index in [1.807, 2.05) is 16.8 Å². The second-order valence-corrected chi connectivity index (χ2v) is 11.7. The molecule has 11 heteroatoms. The van der Waals surface area contributed by atoms with Crippen molar-refractivity contribution in [3.05, 3.63) is 120 Å². The van der Waals surface area contributed by atoms with Crippen LogP contribution < -0.4 is 0 Å². The lowest BCUT2D eigenvalue weighted by atomic mass is 10.0. The number of nitrogens with zero attached hydrogens (tertiary/aromatic N) is 4. The molecule has 0 spiro atoms. The molecular formula is C38H49FN4O6. The molecule has 0 radical (unpaired) electrons. The molecule has 0 bridgehead atoms. The lowest BCUT2D eigenvalue weighted by Gasteiger charge is -2.24. The number of unbranched alkanes of at least 4 members (excludes halogenated alkanes) is 2. The van der Waals surface area contributed by atoms with E-state index >= 15 is 0 Å². The number of carbonyl (C=O) groups is 3. The summed E-state index contributed by atoms with van der Waals surface area (Å²) in [5.41, 5.74) is 4.81. The van der Waals surface area contributed by atoms with Gasteiger partial charge in [0, 0.05) is 31.6 Å². The second-order valence-electron chi connectivity index (χ2n) is 11.7. The Labute approximate surface area is 288 Å². The fourth-order valence-corrected chi connectivity index (χ4v) is 5.15. The third-order valence-electron chi connectivity index (χ3n) is 7.91. The quantitative estimate of drug-likeness (QED) is 0.0617. The molecule has 1 atom stereocenters. The molecule has 3 rings (SSSR count). The summed E-state index contributed by atoms with van der Waals surface area (Å²) in [5.74, 6) is -1.17. The fourth-order valence-electron chi connectivity index (χ4n) is 5.15. The van der Waals surface area contributed by atoms with E-state index in [1.54, 1.807) is 29.4 Å². The number of amides is 1. The topological polar surface area (TPSA) is 146 Å². The summed E-state index contributed by atoms with van der Waals surface area (Å²) in [6, 6.07) is 14.0. The normalized spacial score (nSPS) is 12.1. The minimum Gasteiger partial charge on any atom is -0.483 e. The van der Waals surface area contributed by atoms with Crippen LogP contribution >= 0.6 is 0 Å². The highest BCUT2D eigenvalue weighted by molar-refractivity contribution is 5.78. The largest absolute Gasteiger partial charge is 0.483 e. The van der Waals surface area contributed by atoms with Crippen molar-refractivity contribution in [2.24, 2.45) is 0 Å². The Morgan fingerprint density at radius 1 is 0.939 bits per heavy atom. The first-order valence-corrected chi connectivity index (χ1v) is 16.6. The molecule has 1 amide bonds. The molecule has 0 aliphatic rings. The number of aliphatic hydroxyl groups is 1. The molecule has 3 aromatic rings. The molecule has 0 aliphatic heterocycles. The maximum atomic E-state index is 13.6. The third kappa shape index (κ3) is 16.7. The number of aromatic nitrogens is 3. The Morgan fingerprint density at radius 3 is 2.20 bits per heavy atom. The van der Waals surface area contributed by atoms with Gasteiger partial charge in [-0.05, 0) is 106 Å². The van der Waals surface area contributed by atoms with Gasteiger partial charge in [-0.25, -0.2) is 9.37 Å². The zero-order valence-electron chi connectivity index (χ0n) is 28.3. The predicted octanol–water partition coefficient (Wildman–Crippen LogP) is 7.08. The van der Waals surface area contributed by atoms with Crippen LogP contribution in [0.1, 0.15) is 87.5 Å². The number of aryl methyl sites for hydroxylation is 2. The summed E-state index contributed by atoms with van der Waals surface area (Å²) in [5, 5.41) is 30.4. The molecule has 3 N–H and O–H groups in total. The van der Waals surface area contributed by atoms with Crippen molar-refractivity contribution < 1.29 is 34.1 Å². The van der Waals surface area contributed by atoms with Crippen LogP contribution in [0.5, 0.6) is 0 Å². The van der Waals surface area contributed by atoms with Crippen molar-refractivity contribution in [1.29, 1.82) is 0 Å². The van der Waals surface area contributed by atoms with Gasteiger partial charge in [-0.2, -0.15) is 5.10 Å². The highest BCUT2D eigenvalue weighted by Crippen LogP contribution is 2.21. The first kappa shape index (κ1) is 40.3. The molecule has 1 heterocycles. The number of rotatable bonds is 21. The molecular weight excluding hydrogens is 627 g/mol. The van der Waals surface area contributed by atoms with E-state index in [0.717, 1.165) is 55.5 Å². The lowest BCUT2D eigenvalue weighted by Crippen LogP contribution is -2.31. The Hall–Kier alpha value is -4.90. The zero-order valence-corrected chi connectivity index (χ0v) is 28.3. The van der Waals surface area contributed by atoms with Crippen molar-refractivity contribution in [3.63, 3.8) is 0 Å². The van der Waals surface area contributed by atoms with Gasteiger partial charge < -0.3 is 20.2 Å². The molecule has 2 aromatic carbocycles. The molecule has 1 unspecified atom stereocenters. The molecule has 10 nitrogen and oxygen atoms in total. The van der Waals surface area contributed by atoms with Crippen molar-refractivity contribution in [2.75, 3.05) is 6.54 Å². The number of aliphatic hydroxyl groups excluding tert-OH is 1. The molecule has 264 valence electrons. The van der Waals surface area contributed by atoms with Crippen molar-refractivity contribution in [1.82, 2.24) is 19.7 Å². The average Bonchev–Trinajstić information content (AvgIpc) is 3.61. The van der Waals surface area contributed by atoms with Gasteiger partial charge in [-0.3, -0.25) is 19.1 Å². The lowest BCUT2D eigenvalue weighted by molar-refractivity contribution is -0.137. The number of allylic oxidation sites excluding steroid dienone is 4. The minimum atomic E-state index is -0.769. The van der Waals surface area contributed by atoms with Crippen molar-refractivity contribution >= 4 is 18.3 Å². The number of aliphatic carboxylic acids is 1. The molecule has 0 saturated carbocycles. The number of hydrogen-bond donors (Lipinski definition) is 3. The van der Waals surface area contributed by atoms with Gasteiger partial charge in [-0.1, -0.05) is 54.6 Å². The SMILES string of the molecule is C=C/C(=C\C=C(/C)CCCCn1cncn1)N(CCc1ccc(CCCCC(=O)O)cc1)C(=O)CCCC(O)c1ccc(F)cc1.O=CO. The second kappa shape index (κ2) is 23.4. The zero-order chi connectivity index (χ0) is 35.9. The minimum absolute atomic E-state index is 0.0496. The number of carboxylic acid groups (broad SMARTS) is 2. The summed E-state index contributed by atoms with van der Waals surface area (Å²) in [7, 11) is 0. The smallest absolute Gasteiger partial charge is 0.303 e. The van der Waals surface area contributed by atoms with Gasteiger partial charge in [-0.15, -0.1) is 0 Å². The Morgan fingerprint density at radius 2 is 1.59 bits per heavy atom. The summed E-state index contributed by atoms with van der Waals surface area (Å²) >= 11 is 0. The third-order valence-corrected chi connectivity index (χ3v) is 7.91. The van der Waals surface area contributed by atoms with Crippen LogP contribution in [0.25, 0.3) is 0 Å². The van der Waals surface area contributed by atoms with Gasteiger partial charge in [0.1, 0.15) is 18.5 Å². The van der Waals surface area contributed by atoms with E-state index in [4.69, 9.17) is 15.0 Å². The maximum Gasteiger partial charge on any atom is 0.303 e. The molecule has 1 aromatic heterocycles. The van der Waals surface area contributed by atoms with E-state index < -0.39 is 12.1 Å². The highest BCUT2D eigenvalue weighted by Gasteiger charge is 2.17. The van der Waals surface area contributed by atoms with Crippen LogP contribution in [0.2, 0.25) is 0 Å². The highest BCUT2D eigenvalue weighted by atomic mass is 19.1. The predicted molar refractivity (Wildman–Crippen MR) is 187 cm³/mol. The van der Waals surface area contributed by atoms with E-state index in [1.165, 1.54) is 24.0 Å². The number of benzene rings is 2. The number of carbonyl (C=O) groups excluding carboxylic acids is 1. The monoisotopic (exact) mass is 676 g/mol. The summed E-state index contributed by atoms with van der Waals surface area (Å²) in [6.07, 6.45) is 15.4. The van der Waals surface area contributed by atoms with E-state index in [0.29, 0.717) is 37.8 Å². The van der Waals surface area contributed by atoms with E-state index in [2.05, 4.69) is 47.9 Å². The Kier molecular flexibility index (Phi) is 19.3. The van der Waals surface area contributed by atoms with Crippen LogP contribution in [0, 0.1) is 5.82 Å². The Bertz CT molecular complexity index is 1470. The first-order chi connectivity index (χ1) is 23.7. The van der Waals surface area contributed by atoms with Crippen LogP contribution in [-0.4, -0.2) is 59.9 Å². The van der Waals surface area contributed by atoms with Gasteiger partial charge >= 0.3 is 5.97 Å². The van der Waals surface area contributed by atoms with Crippen LogP contribution in [-0.2, 0) is 33.8 Å². The van der Waals surface area contributed by atoms with Gasteiger partial charge in [0.2, 0.25) is 5.91 Å². The summed E-state index contributed by atoms with van der Waals surface area (Å²) < 4.78 is 15.1. The molecule has 49 heavy (non-hydrogen) atoms. The summed E-state index contributed by atoms with van der Waals surface area (Å²) in [4.78, 5) is 38.4. The average molecular weight is 677 g/mol. The Balaban J connectivity index is 0.00000267. The maximum absolute atomic E-state index is 13.6. The van der Waals surface area contributed by atoms with Crippen LogP contribution in [0.4, 0.5) is 4.39 Å². The first-order valence-electron chi connectivity index (χ1n) is 16.6. The fraction of sp³-hybridized carbons (Fsp3) is 0.395. The van der Waals surface area contributed by atoms with Gasteiger partial charge in [0.15, 0.2) is 0 Å². The van der Waals surface area contributed by atoms with Gasteiger partial charge in [0.25, 0.3) is 6.47 Å². The molecule has 0 fully saturated rings. The van der Waals surface area contributed by atoms with Crippen molar-refractivity contribution in [2.45, 2.75) is 90.2 Å². The van der Waals surface area contributed by atoms with E-state index in [-0.39, 0.29) is 31.0 Å². The van der Waals surface area contributed by atoms with Crippen LogP contribution in [0.15, 0.2) is 97.3 Å². The number of halogens is 1. The number of hydrogen-bond acceptors (Lipinski definition) is 6. The molecule has 0 saturated heterocycles. The standard InChI is InChI=1S/C37H47FN4O4.CH2O2/c1-3-34(23-14-29(2)9-6-7-25-41-28-39-27-40-41)42(36(44)12-8-11-35(43)32-19-21-33(38)22-20-32)26-24-31-17-15-30(16-18-31)10-4-5-13-37(45)46;2-1-3/h3,14-23,27-28,35,43H,1,4-13,24-26H2,2H3,(H,45,46);1H,(H,2,3)/b29-14+,34-23+;. The van der Waals surface area contributed by atoms with Crippen molar-refractivity contribution in [3.8, 4) is 0 Å². The van der Waals surface area contributed by atoms with E-state index in [9.17, 15) is 19.1 Å². The van der Waals surface area contributed by atoms with Crippen LogP contribution in [0.3, 0.4) is 0 Å². The number of carboxylic acids is 1. The molecule has 0 aliphatic carbocycles.